The van der Waals surface area contributed by atoms with E-state index in [1.165, 1.54) is 11.3 Å². The van der Waals surface area contributed by atoms with E-state index in [2.05, 4.69) is 29.5 Å². The number of rotatable bonds is 7. The fourth-order valence-electron chi connectivity index (χ4n) is 1.98. The molecule has 2 N–H and O–H groups in total. The number of benzene rings is 1. The Labute approximate surface area is 153 Å². The molecule has 7 heteroatoms. The largest absolute Gasteiger partial charge is 0.321 e. The second-order valence-corrected chi connectivity index (χ2v) is 5.88. The first kappa shape index (κ1) is 21.9. The van der Waals surface area contributed by atoms with Crippen molar-refractivity contribution < 1.29 is 4.79 Å². The zero-order chi connectivity index (χ0) is 15.1. The molecule has 23 heavy (non-hydrogen) atoms. The van der Waals surface area contributed by atoms with Crippen molar-refractivity contribution in [3.63, 3.8) is 0 Å². The first-order valence-electron chi connectivity index (χ1n) is 7.29. The number of halogens is 2. The molecule has 2 rings (SSSR count). The first-order chi connectivity index (χ1) is 10.2. The van der Waals surface area contributed by atoms with Gasteiger partial charge in [-0.25, -0.2) is 4.98 Å². The van der Waals surface area contributed by atoms with Gasteiger partial charge in [-0.15, -0.1) is 36.2 Å². The maximum atomic E-state index is 12.3. The smallest absolute Gasteiger partial charge is 0.267 e. The predicted molar refractivity (Wildman–Crippen MR) is 102 cm³/mol. The van der Waals surface area contributed by atoms with Crippen LogP contribution in [0.4, 0.5) is 5.69 Å². The SMILES string of the molecule is CCCc1ncc(C(=O)Nc2ccccc2CNCC)s1.Cl.Cl. The van der Waals surface area contributed by atoms with Gasteiger partial charge in [0.2, 0.25) is 0 Å². The number of nitrogens with one attached hydrogen (secondary N) is 2. The topological polar surface area (TPSA) is 54.0 Å². The molecular weight excluding hydrogens is 353 g/mol. The zero-order valence-electron chi connectivity index (χ0n) is 13.3. The van der Waals surface area contributed by atoms with E-state index >= 15 is 0 Å². The summed E-state index contributed by atoms with van der Waals surface area (Å²) < 4.78 is 0. The Bertz CT molecular complexity index is 605. The average molecular weight is 376 g/mol. The van der Waals surface area contributed by atoms with Crippen LogP contribution in [0.2, 0.25) is 0 Å². The van der Waals surface area contributed by atoms with Gasteiger partial charge in [-0.3, -0.25) is 4.79 Å². The molecule has 1 aromatic carbocycles. The second kappa shape index (κ2) is 11.4. The van der Waals surface area contributed by atoms with E-state index in [0.29, 0.717) is 4.88 Å². The lowest BCUT2D eigenvalue weighted by molar-refractivity contribution is 0.103. The number of thiazole rings is 1. The van der Waals surface area contributed by atoms with Crippen LogP contribution in [0.3, 0.4) is 0 Å². The molecule has 1 amide bonds. The minimum absolute atomic E-state index is 0. The molecule has 0 spiro atoms. The molecule has 0 aliphatic rings. The normalized spacial score (nSPS) is 9.65. The molecule has 0 saturated carbocycles. The summed E-state index contributed by atoms with van der Waals surface area (Å²) in [6.45, 7) is 5.82. The molecule has 0 fully saturated rings. The minimum atomic E-state index is -0.0844. The van der Waals surface area contributed by atoms with Crippen molar-refractivity contribution in [1.82, 2.24) is 10.3 Å². The Hall–Kier alpha value is -1.14. The third-order valence-electron chi connectivity index (χ3n) is 3.07. The van der Waals surface area contributed by atoms with Gasteiger partial charge in [0.25, 0.3) is 5.91 Å². The summed E-state index contributed by atoms with van der Waals surface area (Å²) in [6, 6.07) is 7.86. The van der Waals surface area contributed by atoms with E-state index in [1.807, 2.05) is 24.3 Å². The maximum Gasteiger partial charge on any atom is 0.267 e. The number of nitrogens with zero attached hydrogens (tertiary/aromatic N) is 1. The summed E-state index contributed by atoms with van der Waals surface area (Å²) in [5.74, 6) is -0.0844. The first-order valence-corrected chi connectivity index (χ1v) is 8.11. The van der Waals surface area contributed by atoms with E-state index in [-0.39, 0.29) is 30.7 Å². The number of aromatic nitrogens is 1. The molecule has 0 saturated heterocycles. The van der Waals surface area contributed by atoms with Crippen LogP contribution in [-0.4, -0.2) is 17.4 Å². The van der Waals surface area contributed by atoms with Crippen LogP contribution in [0.1, 0.15) is 40.5 Å². The van der Waals surface area contributed by atoms with Crippen molar-refractivity contribution in [2.24, 2.45) is 0 Å². The van der Waals surface area contributed by atoms with E-state index in [0.717, 1.165) is 42.2 Å². The standard InChI is InChI=1S/C16H21N3OS.2ClH/c1-3-7-15-18-11-14(21-15)16(20)19-13-9-6-5-8-12(13)10-17-4-2;;/h5-6,8-9,11,17H,3-4,7,10H2,1-2H3,(H,19,20);2*1H. The van der Waals surface area contributed by atoms with Gasteiger partial charge in [-0.1, -0.05) is 32.0 Å². The number of carbonyl (C=O) groups excluding carboxylic acids is 1. The molecule has 0 bridgehead atoms. The number of carbonyl (C=O) groups is 1. The molecule has 0 aliphatic carbocycles. The Morgan fingerprint density at radius 2 is 1.96 bits per heavy atom. The van der Waals surface area contributed by atoms with Gasteiger partial charge in [-0.2, -0.15) is 0 Å². The van der Waals surface area contributed by atoms with Crippen LogP contribution in [0.5, 0.6) is 0 Å². The molecule has 0 unspecified atom stereocenters. The fourth-order valence-corrected chi connectivity index (χ4v) is 2.90. The lowest BCUT2D eigenvalue weighted by Gasteiger charge is -2.10. The Kier molecular flexibility index (Phi) is 10.8. The molecular formula is C16H23Cl2N3OS. The van der Waals surface area contributed by atoms with Crippen molar-refractivity contribution in [3.05, 3.63) is 45.9 Å². The van der Waals surface area contributed by atoms with Gasteiger partial charge in [0.05, 0.1) is 11.2 Å². The highest BCUT2D eigenvalue weighted by Gasteiger charge is 2.12. The van der Waals surface area contributed by atoms with Crippen molar-refractivity contribution in [3.8, 4) is 0 Å². The zero-order valence-corrected chi connectivity index (χ0v) is 15.7. The fraction of sp³-hybridized carbons (Fsp3) is 0.375. The van der Waals surface area contributed by atoms with Crippen LogP contribution in [0.15, 0.2) is 30.5 Å². The van der Waals surface area contributed by atoms with Crippen molar-refractivity contribution >= 4 is 47.7 Å². The van der Waals surface area contributed by atoms with Gasteiger partial charge < -0.3 is 10.6 Å². The van der Waals surface area contributed by atoms with Gasteiger partial charge in [-0.05, 0) is 31.0 Å². The second-order valence-electron chi connectivity index (χ2n) is 4.76. The lowest BCUT2D eigenvalue weighted by Crippen LogP contribution is -2.16. The molecule has 1 heterocycles. The molecule has 1 aromatic heterocycles. The van der Waals surface area contributed by atoms with Crippen LogP contribution in [0, 0.1) is 0 Å². The maximum absolute atomic E-state index is 12.3. The number of para-hydroxylation sites is 1. The quantitative estimate of drug-likeness (QED) is 0.758. The molecule has 2 aromatic rings. The van der Waals surface area contributed by atoms with Crippen molar-refractivity contribution in [2.75, 3.05) is 11.9 Å². The molecule has 128 valence electrons. The highest BCUT2D eigenvalue weighted by molar-refractivity contribution is 7.13. The van der Waals surface area contributed by atoms with Gasteiger partial charge >= 0.3 is 0 Å². The minimum Gasteiger partial charge on any atom is -0.321 e. The Morgan fingerprint density at radius 1 is 1.22 bits per heavy atom. The summed E-state index contributed by atoms with van der Waals surface area (Å²) in [4.78, 5) is 17.2. The van der Waals surface area contributed by atoms with Crippen LogP contribution < -0.4 is 10.6 Å². The van der Waals surface area contributed by atoms with Crippen molar-refractivity contribution in [1.29, 1.82) is 0 Å². The third-order valence-corrected chi connectivity index (χ3v) is 4.13. The average Bonchev–Trinajstić information content (AvgIpc) is 2.95. The number of hydrogen-bond acceptors (Lipinski definition) is 4. The Balaban J connectivity index is 0.00000242. The Morgan fingerprint density at radius 3 is 2.65 bits per heavy atom. The highest BCUT2D eigenvalue weighted by atomic mass is 35.5. The number of anilines is 1. The van der Waals surface area contributed by atoms with E-state index in [1.54, 1.807) is 6.20 Å². The van der Waals surface area contributed by atoms with E-state index in [9.17, 15) is 4.79 Å². The highest BCUT2D eigenvalue weighted by Crippen LogP contribution is 2.19. The van der Waals surface area contributed by atoms with Crippen LogP contribution >= 0.6 is 36.2 Å². The number of hydrogen-bond donors (Lipinski definition) is 2. The summed E-state index contributed by atoms with van der Waals surface area (Å²) in [5, 5.41) is 7.28. The number of amides is 1. The summed E-state index contributed by atoms with van der Waals surface area (Å²) >= 11 is 1.47. The molecule has 0 atom stereocenters. The lowest BCUT2D eigenvalue weighted by atomic mass is 10.1. The van der Waals surface area contributed by atoms with Gasteiger partial charge in [0.1, 0.15) is 4.88 Å². The van der Waals surface area contributed by atoms with E-state index < -0.39 is 0 Å². The predicted octanol–water partition coefficient (Wildman–Crippen LogP) is 4.30. The molecule has 4 nitrogen and oxygen atoms in total. The van der Waals surface area contributed by atoms with Crippen molar-refractivity contribution in [2.45, 2.75) is 33.2 Å². The van der Waals surface area contributed by atoms with Crippen LogP contribution in [0.25, 0.3) is 0 Å². The summed E-state index contributed by atoms with van der Waals surface area (Å²) in [5.41, 5.74) is 1.94. The third kappa shape index (κ3) is 6.47. The summed E-state index contributed by atoms with van der Waals surface area (Å²) in [7, 11) is 0. The number of aryl methyl sites for hydroxylation is 1. The molecule has 0 aliphatic heterocycles. The monoisotopic (exact) mass is 375 g/mol. The molecule has 0 radical (unpaired) electrons. The van der Waals surface area contributed by atoms with Gasteiger partial charge in [0, 0.05) is 12.2 Å². The van der Waals surface area contributed by atoms with E-state index in [4.69, 9.17) is 0 Å². The van der Waals surface area contributed by atoms with Gasteiger partial charge in [0.15, 0.2) is 0 Å². The summed E-state index contributed by atoms with van der Waals surface area (Å²) in [6.07, 6.45) is 3.63. The van der Waals surface area contributed by atoms with Crippen LogP contribution in [-0.2, 0) is 13.0 Å².